The van der Waals surface area contributed by atoms with Gasteiger partial charge in [0.1, 0.15) is 15.9 Å². The molecular weight excluding hydrogens is 290 g/mol. The van der Waals surface area contributed by atoms with Gasteiger partial charge in [-0.15, -0.1) is 11.3 Å². The summed E-state index contributed by atoms with van der Waals surface area (Å²) in [4.78, 5) is 23.3. The van der Waals surface area contributed by atoms with E-state index in [2.05, 4.69) is 5.32 Å². The molecule has 2 N–H and O–H groups in total. The largest absolute Gasteiger partial charge is 0.480 e. The summed E-state index contributed by atoms with van der Waals surface area (Å²) in [6.07, 6.45) is 0.876. The number of carbonyl (C=O) groups is 2. The van der Waals surface area contributed by atoms with Gasteiger partial charge in [-0.2, -0.15) is 0 Å². The lowest BCUT2D eigenvalue weighted by Gasteiger charge is -2.13. The molecule has 0 saturated heterocycles. The highest BCUT2D eigenvalue weighted by Crippen LogP contribution is 2.15. The van der Waals surface area contributed by atoms with Crippen LogP contribution in [0.2, 0.25) is 0 Å². The lowest BCUT2D eigenvalue weighted by Crippen LogP contribution is -2.41. The Balaban J connectivity index is 2.72. The zero-order valence-corrected chi connectivity index (χ0v) is 12.2. The van der Waals surface area contributed by atoms with Crippen LogP contribution in [-0.2, 0) is 14.6 Å². The van der Waals surface area contributed by atoms with Gasteiger partial charge in [0.2, 0.25) is 0 Å². The monoisotopic (exact) mass is 305 g/mol. The Hall–Kier alpha value is -1.41. The Morgan fingerprint density at radius 2 is 2.11 bits per heavy atom. The first kappa shape index (κ1) is 15.6. The number of hydrogen-bond acceptors (Lipinski definition) is 5. The van der Waals surface area contributed by atoms with Crippen molar-refractivity contribution >= 4 is 33.1 Å². The van der Waals surface area contributed by atoms with Crippen LogP contribution in [0.4, 0.5) is 0 Å². The number of amides is 1. The van der Waals surface area contributed by atoms with Crippen LogP contribution in [0.25, 0.3) is 0 Å². The number of carbonyl (C=O) groups excluding carboxylic acids is 1. The number of carboxylic acid groups (broad SMARTS) is 1. The van der Waals surface area contributed by atoms with Crippen molar-refractivity contribution in [3.63, 3.8) is 0 Å². The predicted octanol–water partition coefficient (Wildman–Crippen LogP) is 0.674. The highest BCUT2D eigenvalue weighted by molar-refractivity contribution is 7.90. The predicted molar refractivity (Wildman–Crippen MR) is 72.3 cm³/mol. The normalized spacial score (nSPS) is 12.9. The number of sulfone groups is 1. The van der Waals surface area contributed by atoms with Gasteiger partial charge < -0.3 is 10.4 Å². The molecule has 0 saturated carbocycles. The number of rotatable bonds is 6. The Bertz CT molecular complexity index is 576. The minimum atomic E-state index is -3.26. The number of aryl methyl sites for hydroxylation is 1. The molecule has 106 valence electrons. The molecule has 1 heterocycles. The fourth-order valence-corrected chi connectivity index (χ4v) is 2.91. The van der Waals surface area contributed by atoms with E-state index in [0.29, 0.717) is 4.88 Å². The number of carboxylic acids is 1. The highest BCUT2D eigenvalue weighted by Gasteiger charge is 2.23. The summed E-state index contributed by atoms with van der Waals surface area (Å²) in [6, 6.07) is 0.551. The number of aliphatic carboxylic acids is 1. The topological polar surface area (TPSA) is 101 Å². The van der Waals surface area contributed by atoms with Gasteiger partial charge in [-0.05, 0) is 30.4 Å². The van der Waals surface area contributed by atoms with E-state index in [0.717, 1.165) is 11.8 Å². The molecule has 1 aromatic rings. The van der Waals surface area contributed by atoms with E-state index in [1.54, 1.807) is 18.4 Å². The number of thiophene rings is 1. The second-order valence-corrected chi connectivity index (χ2v) is 7.39. The smallest absolute Gasteiger partial charge is 0.326 e. The van der Waals surface area contributed by atoms with Gasteiger partial charge in [0, 0.05) is 6.26 Å². The molecule has 0 aliphatic carbocycles. The van der Waals surface area contributed by atoms with E-state index in [1.807, 2.05) is 0 Å². The Morgan fingerprint density at radius 3 is 2.53 bits per heavy atom. The lowest BCUT2D eigenvalue weighted by atomic mass is 10.2. The van der Waals surface area contributed by atoms with Crippen LogP contribution in [0.15, 0.2) is 11.4 Å². The first-order valence-corrected chi connectivity index (χ1v) is 8.40. The van der Waals surface area contributed by atoms with E-state index in [1.165, 1.54) is 11.3 Å². The Labute approximate surface area is 115 Å². The third-order valence-corrected chi connectivity index (χ3v) is 4.44. The van der Waals surface area contributed by atoms with Crippen molar-refractivity contribution < 1.29 is 23.1 Å². The van der Waals surface area contributed by atoms with E-state index in [9.17, 15) is 18.0 Å². The molecule has 6 nitrogen and oxygen atoms in total. The first-order valence-electron chi connectivity index (χ1n) is 5.46. The Kier molecular flexibility index (Phi) is 5.07. The molecule has 0 bridgehead atoms. The van der Waals surface area contributed by atoms with Crippen LogP contribution in [0.5, 0.6) is 0 Å². The summed E-state index contributed by atoms with van der Waals surface area (Å²) in [5.74, 6) is -2.02. The van der Waals surface area contributed by atoms with Crippen molar-refractivity contribution in [3.05, 3.63) is 21.9 Å². The maximum absolute atomic E-state index is 11.9. The molecule has 1 rings (SSSR count). The van der Waals surface area contributed by atoms with E-state index >= 15 is 0 Å². The summed E-state index contributed by atoms with van der Waals surface area (Å²) >= 11 is 1.21. The lowest BCUT2D eigenvalue weighted by molar-refractivity contribution is -0.139. The number of hydrogen-bond donors (Lipinski definition) is 2. The molecule has 0 fully saturated rings. The van der Waals surface area contributed by atoms with Gasteiger partial charge in [0.15, 0.2) is 0 Å². The quantitative estimate of drug-likeness (QED) is 0.804. The molecule has 0 aromatic carbocycles. The average molecular weight is 305 g/mol. The molecule has 0 aliphatic rings. The van der Waals surface area contributed by atoms with Crippen molar-refractivity contribution in [1.29, 1.82) is 0 Å². The first-order chi connectivity index (χ1) is 8.70. The van der Waals surface area contributed by atoms with Crippen LogP contribution < -0.4 is 5.32 Å². The number of nitrogens with one attached hydrogen (secondary N) is 1. The van der Waals surface area contributed by atoms with Gasteiger partial charge in [0.05, 0.1) is 10.6 Å². The van der Waals surface area contributed by atoms with Crippen LogP contribution in [0, 0.1) is 6.92 Å². The molecule has 1 atom stereocenters. The fraction of sp³-hybridized carbons (Fsp3) is 0.455. The van der Waals surface area contributed by atoms with Gasteiger partial charge in [-0.1, -0.05) is 0 Å². The molecule has 0 radical (unpaired) electrons. The van der Waals surface area contributed by atoms with Crippen molar-refractivity contribution in [2.24, 2.45) is 0 Å². The summed E-state index contributed by atoms with van der Waals surface area (Å²) in [5.41, 5.74) is 0.759. The zero-order chi connectivity index (χ0) is 14.6. The minimum absolute atomic E-state index is 0.148. The molecule has 1 unspecified atom stereocenters. The second kappa shape index (κ2) is 6.16. The fourth-order valence-electron chi connectivity index (χ4n) is 1.42. The van der Waals surface area contributed by atoms with E-state index < -0.39 is 27.8 Å². The second-order valence-electron chi connectivity index (χ2n) is 4.22. The molecule has 1 aromatic heterocycles. The molecule has 0 spiro atoms. The maximum atomic E-state index is 11.9. The molecule has 0 aliphatic heterocycles. The summed E-state index contributed by atoms with van der Waals surface area (Å²) in [5, 5.41) is 13.1. The third-order valence-electron chi connectivity index (χ3n) is 2.45. The summed E-state index contributed by atoms with van der Waals surface area (Å²) < 4.78 is 22.0. The zero-order valence-electron chi connectivity index (χ0n) is 10.5. The van der Waals surface area contributed by atoms with E-state index in [-0.39, 0.29) is 12.2 Å². The summed E-state index contributed by atoms with van der Waals surface area (Å²) in [7, 11) is -3.26. The molecule has 8 heteroatoms. The standard InChI is InChI=1S/C11H15NO5S2/c1-7-3-5-18-9(7)10(13)12-8(11(14)15)4-6-19(2,16)17/h3,5,8H,4,6H2,1-2H3,(H,12,13)(H,14,15). The third kappa shape index (κ3) is 4.99. The van der Waals surface area contributed by atoms with Crippen LogP contribution in [0.3, 0.4) is 0 Å². The van der Waals surface area contributed by atoms with Crippen molar-refractivity contribution in [3.8, 4) is 0 Å². The molecule has 1 amide bonds. The molecular formula is C11H15NO5S2. The van der Waals surface area contributed by atoms with E-state index in [4.69, 9.17) is 5.11 Å². The van der Waals surface area contributed by atoms with Crippen LogP contribution in [-0.4, -0.2) is 43.5 Å². The average Bonchev–Trinajstić information content (AvgIpc) is 2.68. The SMILES string of the molecule is Cc1ccsc1C(=O)NC(CCS(C)(=O)=O)C(=O)O. The van der Waals surface area contributed by atoms with Crippen LogP contribution >= 0.6 is 11.3 Å². The molecule has 19 heavy (non-hydrogen) atoms. The van der Waals surface area contributed by atoms with Crippen molar-refractivity contribution in [1.82, 2.24) is 5.32 Å². The van der Waals surface area contributed by atoms with Gasteiger partial charge >= 0.3 is 5.97 Å². The minimum Gasteiger partial charge on any atom is -0.480 e. The highest BCUT2D eigenvalue weighted by atomic mass is 32.2. The van der Waals surface area contributed by atoms with Crippen molar-refractivity contribution in [2.45, 2.75) is 19.4 Å². The van der Waals surface area contributed by atoms with Gasteiger partial charge in [0.25, 0.3) is 5.91 Å². The van der Waals surface area contributed by atoms with Crippen molar-refractivity contribution in [2.75, 3.05) is 12.0 Å². The van der Waals surface area contributed by atoms with Crippen LogP contribution in [0.1, 0.15) is 21.7 Å². The Morgan fingerprint density at radius 1 is 1.47 bits per heavy atom. The van der Waals surface area contributed by atoms with Gasteiger partial charge in [-0.25, -0.2) is 13.2 Å². The van der Waals surface area contributed by atoms with Gasteiger partial charge in [-0.3, -0.25) is 4.79 Å². The maximum Gasteiger partial charge on any atom is 0.326 e. The summed E-state index contributed by atoms with van der Waals surface area (Å²) in [6.45, 7) is 1.75.